The Kier molecular flexibility index (Phi) is 7.06. The van der Waals surface area contributed by atoms with E-state index in [1.165, 1.54) is 52.2 Å². The van der Waals surface area contributed by atoms with Crippen molar-refractivity contribution in [2.24, 2.45) is 0 Å². The van der Waals surface area contributed by atoms with Crippen LogP contribution < -0.4 is 5.32 Å². The van der Waals surface area contributed by atoms with E-state index in [4.69, 9.17) is 25.9 Å². The second-order valence-electron chi connectivity index (χ2n) is 6.31. The first-order chi connectivity index (χ1) is 13.5. The maximum Gasteiger partial charge on any atom is 0.342 e. The lowest BCUT2D eigenvalue weighted by molar-refractivity contribution is -0.123. The number of halogens is 1. The molecule has 2 N–H and O–H groups in total. The molecule has 9 nitrogen and oxygen atoms in total. The standard InChI is InChI=1S/C18H21ClN2O7S/c1-10-14(8-13(9-22)27-10)18(24)28-11(2)17(23)20-12-5-6-15(19)16(7-12)29(25,26)21(3)4/h5-8,11,22H,9H2,1-4H3,(H,20,23). The number of aliphatic hydroxyl groups excluding tert-OH is 1. The van der Waals surface area contributed by atoms with Crippen molar-refractivity contribution < 1.29 is 32.3 Å². The Hall–Kier alpha value is -2.40. The number of furan rings is 1. The predicted molar refractivity (Wildman–Crippen MR) is 105 cm³/mol. The summed E-state index contributed by atoms with van der Waals surface area (Å²) in [5, 5.41) is 11.6. The summed E-state index contributed by atoms with van der Waals surface area (Å²) >= 11 is 5.97. The van der Waals surface area contributed by atoms with Gasteiger partial charge in [-0.3, -0.25) is 4.79 Å². The van der Waals surface area contributed by atoms with Gasteiger partial charge in [0.15, 0.2) is 6.10 Å². The number of carbonyl (C=O) groups excluding carboxylic acids is 2. The fourth-order valence-corrected chi connectivity index (χ4v) is 3.72. The number of amides is 1. The minimum Gasteiger partial charge on any atom is -0.463 e. The fourth-order valence-electron chi connectivity index (χ4n) is 2.32. The minimum atomic E-state index is -3.81. The molecule has 1 aromatic carbocycles. The van der Waals surface area contributed by atoms with Gasteiger partial charge in [-0.2, -0.15) is 0 Å². The van der Waals surface area contributed by atoms with Crippen molar-refractivity contribution in [3.05, 3.63) is 46.4 Å². The van der Waals surface area contributed by atoms with Gasteiger partial charge in [-0.1, -0.05) is 11.6 Å². The summed E-state index contributed by atoms with van der Waals surface area (Å²) in [4.78, 5) is 24.4. The number of aryl methyl sites for hydroxylation is 1. The Morgan fingerprint density at radius 3 is 2.52 bits per heavy atom. The first-order valence-corrected chi connectivity index (χ1v) is 10.2. The molecule has 29 heavy (non-hydrogen) atoms. The third kappa shape index (κ3) is 5.15. The summed E-state index contributed by atoms with van der Waals surface area (Å²) in [6, 6.07) is 5.32. The molecule has 11 heteroatoms. The van der Waals surface area contributed by atoms with E-state index in [1.54, 1.807) is 0 Å². The molecule has 2 rings (SSSR count). The molecule has 0 spiro atoms. The van der Waals surface area contributed by atoms with Crippen LogP contribution in [0.1, 0.15) is 28.8 Å². The highest BCUT2D eigenvalue weighted by atomic mass is 35.5. The van der Waals surface area contributed by atoms with Crippen molar-refractivity contribution in [2.45, 2.75) is 31.5 Å². The van der Waals surface area contributed by atoms with Crippen molar-refractivity contribution in [1.82, 2.24) is 4.31 Å². The third-order valence-electron chi connectivity index (χ3n) is 3.95. The van der Waals surface area contributed by atoms with Crippen LogP contribution in [0.15, 0.2) is 33.6 Å². The lowest BCUT2D eigenvalue weighted by Crippen LogP contribution is -2.30. The number of hydrogen-bond donors (Lipinski definition) is 2. The number of ether oxygens (including phenoxy) is 1. The number of aliphatic hydroxyl groups is 1. The zero-order valence-electron chi connectivity index (χ0n) is 16.2. The van der Waals surface area contributed by atoms with E-state index in [0.717, 1.165) is 4.31 Å². The van der Waals surface area contributed by atoms with E-state index in [9.17, 15) is 18.0 Å². The first-order valence-electron chi connectivity index (χ1n) is 8.41. The molecule has 0 saturated carbocycles. The molecule has 1 aromatic heterocycles. The second-order valence-corrected chi connectivity index (χ2v) is 8.84. The average Bonchev–Trinajstić information content (AvgIpc) is 3.03. The predicted octanol–water partition coefficient (Wildman–Crippen LogP) is 2.17. The van der Waals surface area contributed by atoms with Gasteiger partial charge in [-0.05, 0) is 38.1 Å². The van der Waals surface area contributed by atoms with Gasteiger partial charge >= 0.3 is 5.97 Å². The highest BCUT2D eigenvalue weighted by Crippen LogP contribution is 2.27. The monoisotopic (exact) mass is 444 g/mol. The normalized spacial score (nSPS) is 12.7. The highest BCUT2D eigenvalue weighted by Gasteiger charge is 2.24. The number of nitrogens with zero attached hydrogens (tertiary/aromatic N) is 1. The van der Waals surface area contributed by atoms with E-state index >= 15 is 0 Å². The Morgan fingerprint density at radius 2 is 1.97 bits per heavy atom. The van der Waals surface area contributed by atoms with Crippen LogP contribution in [0.4, 0.5) is 5.69 Å². The van der Waals surface area contributed by atoms with Gasteiger partial charge in [0, 0.05) is 19.8 Å². The lowest BCUT2D eigenvalue weighted by atomic mass is 10.2. The molecule has 2 aromatic rings. The number of esters is 1. The SMILES string of the molecule is Cc1oc(CO)cc1C(=O)OC(C)C(=O)Nc1ccc(Cl)c(S(=O)(=O)N(C)C)c1. The van der Waals surface area contributed by atoms with Gasteiger partial charge < -0.3 is 19.6 Å². The average molecular weight is 445 g/mol. The van der Waals surface area contributed by atoms with Gasteiger partial charge in [-0.25, -0.2) is 17.5 Å². The van der Waals surface area contributed by atoms with Crippen LogP contribution in [-0.4, -0.2) is 49.9 Å². The summed E-state index contributed by atoms with van der Waals surface area (Å²) in [6.07, 6.45) is -1.18. The second kappa shape index (κ2) is 8.95. The Labute approximate surface area is 173 Å². The molecular formula is C18H21ClN2O7S. The number of sulfonamides is 1. The highest BCUT2D eigenvalue weighted by molar-refractivity contribution is 7.89. The van der Waals surface area contributed by atoms with Crippen molar-refractivity contribution in [2.75, 3.05) is 19.4 Å². The number of anilines is 1. The third-order valence-corrected chi connectivity index (χ3v) is 6.25. The first kappa shape index (κ1) is 22.9. The molecule has 1 heterocycles. The minimum absolute atomic E-state index is 0.00583. The summed E-state index contributed by atoms with van der Waals surface area (Å²) < 4.78 is 35.9. The Balaban J connectivity index is 2.13. The van der Waals surface area contributed by atoms with E-state index in [2.05, 4.69) is 5.32 Å². The van der Waals surface area contributed by atoms with Gasteiger partial charge in [0.25, 0.3) is 5.91 Å². The van der Waals surface area contributed by atoms with Crippen molar-refractivity contribution in [3.63, 3.8) is 0 Å². The molecular weight excluding hydrogens is 424 g/mol. The summed E-state index contributed by atoms with van der Waals surface area (Å²) in [5.41, 5.74) is 0.268. The summed E-state index contributed by atoms with van der Waals surface area (Å²) in [7, 11) is -1.09. The molecule has 0 aliphatic heterocycles. The Bertz CT molecular complexity index is 1030. The van der Waals surface area contributed by atoms with Gasteiger partial charge in [0.1, 0.15) is 28.6 Å². The molecule has 0 radical (unpaired) electrons. The van der Waals surface area contributed by atoms with Gasteiger partial charge in [-0.15, -0.1) is 0 Å². The van der Waals surface area contributed by atoms with E-state index in [-0.39, 0.29) is 39.3 Å². The molecule has 1 unspecified atom stereocenters. The van der Waals surface area contributed by atoms with Crippen molar-refractivity contribution in [1.29, 1.82) is 0 Å². The number of carbonyl (C=O) groups is 2. The van der Waals surface area contributed by atoms with Crippen LogP contribution in [0, 0.1) is 6.92 Å². The molecule has 0 aliphatic carbocycles. The topological polar surface area (TPSA) is 126 Å². The smallest absolute Gasteiger partial charge is 0.342 e. The van der Waals surface area contributed by atoms with E-state index in [0.29, 0.717) is 0 Å². The zero-order valence-corrected chi connectivity index (χ0v) is 17.8. The van der Waals surface area contributed by atoms with Gasteiger partial charge in [0.2, 0.25) is 10.0 Å². The summed E-state index contributed by atoms with van der Waals surface area (Å²) in [5.74, 6) is -1.01. The van der Waals surface area contributed by atoms with Crippen LogP contribution in [0.3, 0.4) is 0 Å². The van der Waals surface area contributed by atoms with Gasteiger partial charge in [0.05, 0.1) is 5.02 Å². The largest absolute Gasteiger partial charge is 0.463 e. The van der Waals surface area contributed by atoms with Crippen molar-refractivity contribution >= 4 is 39.2 Å². The van der Waals surface area contributed by atoms with Crippen LogP contribution in [0.25, 0.3) is 0 Å². The number of rotatable bonds is 7. The molecule has 0 bridgehead atoms. The van der Waals surface area contributed by atoms with Crippen molar-refractivity contribution in [3.8, 4) is 0 Å². The van der Waals surface area contributed by atoms with Crippen LogP contribution >= 0.6 is 11.6 Å². The maximum atomic E-state index is 12.4. The molecule has 0 saturated heterocycles. The van der Waals surface area contributed by atoms with Crippen LogP contribution in [0.2, 0.25) is 5.02 Å². The molecule has 0 fully saturated rings. The molecule has 0 aliphatic rings. The van der Waals surface area contributed by atoms with Crippen LogP contribution in [-0.2, 0) is 26.2 Å². The van der Waals surface area contributed by atoms with E-state index in [1.807, 2.05) is 0 Å². The maximum absolute atomic E-state index is 12.4. The molecule has 1 atom stereocenters. The molecule has 1 amide bonds. The van der Waals surface area contributed by atoms with E-state index < -0.39 is 28.0 Å². The fraction of sp³-hybridized carbons (Fsp3) is 0.333. The quantitative estimate of drug-likeness (QED) is 0.626. The Morgan fingerprint density at radius 1 is 1.31 bits per heavy atom. The van der Waals surface area contributed by atoms with Crippen LogP contribution in [0.5, 0.6) is 0 Å². The number of nitrogens with one attached hydrogen (secondary N) is 1. The zero-order chi connectivity index (χ0) is 21.9. The summed E-state index contributed by atoms with van der Waals surface area (Å²) in [6.45, 7) is 2.52. The lowest BCUT2D eigenvalue weighted by Gasteiger charge is -2.16. The number of benzene rings is 1. The number of hydrogen-bond acceptors (Lipinski definition) is 7. The molecule has 158 valence electrons.